The summed E-state index contributed by atoms with van der Waals surface area (Å²) in [6, 6.07) is 10.1. The van der Waals surface area contributed by atoms with E-state index in [1.165, 1.54) is 0 Å². The normalized spacial score (nSPS) is 11.0. The third-order valence-corrected chi connectivity index (χ3v) is 1.97. The standard InChI is InChI=1S/C12H17N/c1-10(12(2,3)4)13-11-8-6-5-7-9-11/h5-9,13H,1H2,2-4H3. The maximum absolute atomic E-state index is 4.01. The predicted octanol–water partition coefficient (Wildman–Crippen LogP) is 3.66. The fourth-order valence-electron chi connectivity index (χ4n) is 0.883. The van der Waals surface area contributed by atoms with Gasteiger partial charge in [0.25, 0.3) is 0 Å². The molecule has 0 unspecified atom stereocenters. The van der Waals surface area contributed by atoms with Gasteiger partial charge in [-0.15, -0.1) is 0 Å². The number of allylic oxidation sites excluding steroid dienone is 1. The van der Waals surface area contributed by atoms with Crippen LogP contribution in [0.5, 0.6) is 0 Å². The van der Waals surface area contributed by atoms with Crippen molar-refractivity contribution in [3.05, 3.63) is 42.6 Å². The molecule has 0 bridgehead atoms. The van der Waals surface area contributed by atoms with Gasteiger partial charge in [-0.3, -0.25) is 0 Å². The quantitative estimate of drug-likeness (QED) is 0.723. The van der Waals surface area contributed by atoms with Crippen LogP contribution in [-0.2, 0) is 0 Å². The smallest absolute Gasteiger partial charge is 0.0381 e. The van der Waals surface area contributed by atoms with E-state index >= 15 is 0 Å². The first-order valence-corrected chi connectivity index (χ1v) is 4.51. The lowest BCUT2D eigenvalue weighted by molar-refractivity contribution is 0.510. The molecular weight excluding hydrogens is 158 g/mol. The van der Waals surface area contributed by atoms with Gasteiger partial charge in [-0.05, 0) is 12.1 Å². The van der Waals surface area contributed by atoms with Crippen LogP contribution in [0.1, 0.15) is 20.8 Å². The van der Waals surface area contributed by atoms with E-state index in [2.05, 4.69) is 32.7 Å². The summed E-state index contributed by atoms with van der Waals surface area (Å²) in [5, 5.41) is 3.29. The Morgan fingerprint density at radius 3 is 2.15 bits per heavy atom. The SMILES string of the molecule is C=C(Nc1ccccc1)C(C)(C)C. The first kappa shape index (κ1) is 9.85. The van der Waals surface area contributed by atoms with E-state index in [-0.39, 0.29) is 5.41 Å². The molecule has 0 saturated carbocycles. The summed E-state index contributed by atoms with van der Waals surface area (Å²) in [5.74, 6) is 0. The van der Waals surface area contributed by atoms with E-state index in [1.807, 2.05) is 30.3 Å². The van der Waals surface area contributed by atoms with E-state index in [0.29, 0.717) is 0 Å². The van der Waals surface area contributed by atoms with Crippen molar-refractivity contribution in [2.45, 2.75) is 20.8 Å². The van der Waals surface area contributed by atoms with Crippen LogP contribution in [0.25, 0.3) is 0 Å². The van der Waals surface area contributed by atoms with Gasteiger partial charge in [0.2, 0.25) is 0 Å². The summed E-state index contributed by atoms with van der Waals surface area (Å²) >= 11 is 0. The summed E-state index contributed by atoms with van der Waals surface area (Å²) in [5.41, 5.74) is 2.25. The van der Waals surface area contributed by atoms with Gasteiger partial charge in [0.15, 0.2) is 0 Å². The fourth-order valence-corrected chi connectivity index (χ4v) is 0.883. The fraction of sp³-hybridized carbons (Fsp3) is 0.333. The summed E-state index contributed by atoms with van der Waals surface area (Å²) in [6.07, 6.45) is 0. The zero-order valence-corrected chi connectivity index (χ0v) is 8.59. The highest BCUT2D eigenvalue weighted by Crippen LogP contribution is 2.24. The van der Waals surface area contributed by atoms with Crippen LogP contribution in [0.4, 0.5) is 5.69 Å². The molecule has 1 nitrogen and oxygen atoms in total. The summed E-state index contributed by atoms with van der Waals surface area (Å²) in [7, 11) is 0. The molecule has 70 valence electrons. The van der Waals surface area contributed by atoms with Crippen LogP contribution in [0.3, 0.4) is 0 Å². The Hall–Kier alpha value is -1.24. The first-order chi connectivity index (χ1) is 6.00. The lowest BCUT2D eigenvalue weighted by Gasteiger charge is -2.23. The van der Waals surface area contributed by atoms with E-state index in [0.717, 1.165) is 11.4 Å². The number of hydrogen-bond acceptors (Lipinski definition) is 1. The van der Waals surface area contributed by atoms with Crippen molar-refractivity contribution >= 4 is 5.69 Å². The van der Waals surface area contributed by atoms with Gasteiger partial charge in [-0.2, -0.15) is 0 Å². The molecular formula is C12H17N. The molecule has 13 heavy (non-hydrogen) atoms. The van der Waals surface area contributed by atoms with Crippen molar-refractivity contribution < 1.29 is 0 Å². The molecule has 1 aromatic rings. The van der Waals surface area contributed by atoms with E-state index in [1.54, 1.807) is 0 Å². The van der Waals surface area contributed by atoms with Crippen molar-refractivity contribution in [1.82, 2.24) is 0 Å². The summed E-state index contributed by atoms with van der Waals surface area (Å²) in [6.45, 7) is 10.4. The second-order valence-corrected chi connectivity index (χ2v) is 4.22. The molecule has 0 amide bonds. The van der Waals surface area contributed by atoms with Crippen molar-refractivity contribution in [2.24, 2.45) is 5.41 Å². The van der Waals surface area contributed by atoms with Crippen LogP contribution in [-0.4, -0.2) is 0 Å². The second-order valence-electron chi connectivity index (χ2n) is 4.22. The first-order valence-electron chi connectivity index (χ1n) is 4.51. The highest BCUT2D eigenvalue weighted by atomic mass is 14.9. The van der Waals surface area contributed by atoms with Gasteiger partial charge in [-0.1, -0.05) is 45.5 Å². The Bertz CT molecular complexity index is 280. The molecule has 0 atom stereocenters. The zero-order chi connectivity index (χ0) is 9.90. The Labute approximate surface area is 80.5 Å². The highest BCUT2D eigenvalue weighted by Gasteiger charge is 2.14. The lowest BCUT2D eigenvalue weighted by atomic mass is 9.93. The molecule has 1 rings (SSSR count). The Kier molecular flexibility index (Phi) is 2.76. The molecule has 0 radical (unpaired) electrons. The summed E-state index contributed by atoms with van der Waals surface area (Å²) in [4.78, 5) is 0. The van der Waals surface area contributed by atoms with Crippen molar-refractivity contribution in [2.75, 3.05) is 5.32 Å². The van der Waals surface area contributed by atoms with Crippen LogP contribution in [0.2, 0.25) is 0 Å². The van der Waals surface area contributed by atoms with Crippen LogP contribution >= 0.6 is 0 Å². The molecule has 0 fully saturated rings. The van der Waals surface area contributed by atoms with Gasteiger partial charge in [0.05, 0.1) is 0 Å². The van der Waals surface area contributed by atoms with Gasteiger partial charge >= 0.3 is 0 Å². The van der Waals surface area contributed by atoms with Crippen molar-refractivity contribution in [3.63, 3.8) is 0 Å². The Morgan fingerprint density at radius 2 is 1.69 bits per heavy atom. The minimum atomic E-state index is 0.107. The van der Waals surface area contributed by atoms with Crippen molar-refractivity contribution in [3.8, 4) is 0 Å². The molecule has 1 aromatic carbocycles. The highest BCUT2D eigenvalue weighted by molar-refractivity contribution is 5.48. The molecule has 1 N–H and O–H groups in total. The molecule has 0 aliphatic heterocycles. The lowest BCUT2D eigenvalue weighted by Crippen LogP contribution is -2.15. The average molecular weight is 175 g/mol. The topological polar surface area (TPSA) is 12.0 Å². The molecule has 1 heteroatoms. The van der Waals surface area contributed by atoms with Gasteiger partial charge in [-0.25, -0.2) is 0 Å². The van der Waals surface area contributed by atoms with Crippen LogP contribution in [0.15, 0.2) is 42.6 Å². The van der Waals surface area contributed by atoms with Crippen LogP contribution < -0.4 is 5.32 Å². The number of anilines is 1. The van der Waals surface area contributed by atoms with Gasteiger partial charge in [0, 0.05) is 16.8 Å². The molecule has 0 aliphatic carbocycles. The number of nitrogens with one attached hydrogen (secondary N) is 1. The number of benzene rings is 1. The van der Waals surface area contributed by atoms with Crippen LogP contribution in [0, 0.1) is 5.41 Å². The molecule has 0 aromatic heterocycles. The maximum Gasteiger partial charge on any atom is 0.0381 e. The molecule has 0 heterocycles. The largest absolute Gasteiger partial charge is 0.359 e. The van der Waals surface area contributed by atoms with E-state index in [4.69, 9.17) is 0 Å². The minimum absolute atomic E-state index is 0.107. The maximum atomic E-state index is 4.01. The third-order valence-electron chi connectivity index (χ3n) is 1.97. The number of rotatable bonds is 2. The van der Waals surface area contributed by atoms with E-state index < -0.39 is 0 Å². The predicted molar refractivity (Wildman–Crippen MR) is 58.7 cm³/mol. The van der Waals surface area contributed by atoms with Gasteiger partial charge in [0.1, 0.15) is 0 Å². The molecule has 0 aliphatic rings. The van der Waals surface area contributed by atoms with Crippen molar-refractivity contribution in [1.29, 1.82) is 0 Å². The van der Waals surface area contributed by atoms with E-state index in [9.17, 15) is 0 Å². The average Bonchev–Trinajstić information content (AvgIpc) is 2.04. The Morgan fingerprint density at radius 1 is 1.15 bits per heavy atom. The molecule has 0 saturated heterocycles. The summed E-state index contributed by atoms with van der Waals surface area (Å²) < 4.78 is 0. The second kappa shape index (κ2) is 3.65. The number of hydrogen-bond donors (Lipinski definition) is 1. The molecule has 0 spiro atoms. The monoisotopic (exact) mass is 175 g/mol. The number of para-hydroxylation sites is 1. The zero-order valence-electron chi connectivity index (χ0n) is 8.59. The Balaban J connectivity index is 2.66. The third kappa shape index (κ3) is 2.94. The minimum Gasteiger partial charge on any atom is -0.359 e. The van der Waals surface area contributed by atoms with Gasteiger partial charge < -0.3 is 5.32 Å².